The lowest BCUT2D eigenvalue weighted by Crippen LogP contribution is -2.46. The molecule has 0 bridgehead atoms. The quantitative estimate of drug-likeness (QED) is 0.725. The monoisotopic (exact) mass is 204 g/mol. The van der Waals surface area contributed by atoms with Crippen molar-refractivity contribution in [2.75, 3.05) is 18.1 Å². The molecular formula is C9H16O3S. The van der Waals surface area contributed by atoms with E-state index in [-0.39, 0.29) is 18.4 Å². The lowest BCUT2D eigenvalue weighted by Gasteiger charge is -2.41. The van der Waals surface area contributed by atoms with Crippen molar-refractivity contribution in [3.8, 4) is 0 Å². The van der Waals surface area contributed by atoms with Crippen molar-refractivity contribution >= 4 is 9.84 Å². The molecule has 76 valence electrons. The van der Waals surface area contributed by atoms with Crippen LogP contribution in [-0.4, -0.2) is 31.6 Å². The Balaban J connectivity index is 1.91. The summed E-state index contributed by atoms with van der Waals surface area (Å²) in [7, 11) is -2.71. The van der Waals surface area contributed by atoms with E-state index < -0.39 is 9.84 Å². The van der Waals surface area contributed by atoms with Crippen molar-refractivity contribution in [3.05, 3.63) is 0 Å². The van der Waals surface area contributed by atoms with E-state index in [2.05, 4.69) is 0 Å². The largest absolute Gasteiger partial charge is 0.396 e. The first-order valence-electron chi connectivity index (χ1n) is 4.93. The van der Waals surface area contributed by atoms with Gasteiger partial charge >= 0.3 is 0 Å². The van der Waals surface area contributed by atoms with Crippen LogP contribution in [0.15, 0.2) is 0 Å². The summed E-state index contributed by atoms with van der Waals surface area (Å²) in [5, 5.41) is 9.17. The van der Waals surface area contributed by atoms with Crippen LogP contribution in [0.4, 0.5) is 0 Å². The van der Waals surface area contributed by atoms with Gasteiger partial charge in [0.15, 0.2) is 9.84 Å². The maximum atomic E-state index is 11.0. The summed E-state index contributed by atoms with van der Waals surface area (Å²) in [5.41, 5.74) is 0. The molecule has 0 aromatic rings. The highest BCUT2D eigenvalue weighted by Gasteiger charge is 2.42. The van der Waals surface area contributed by atoms with E-state index in [0.29, 0.717) is 17.4 Å². The van der Waals surface area contributed by atoms with Crippen LogP contribution in [0.25, 0.3) is 0 Å². The molecule has 3 nitrogen and oxygen atoms in total. The van der Waals surface area contributed by atoms with Gasteiger partial charge in [0.25, 0.3) is 0 Å². The fraction of sp³-hybridized carbons (Fsp3) is 1.00. The number of rotatable bonds is 3. The van der Waals surface area contributed by atoms with Gasteiger partial charge in [-0.25, -0.2) is 8.42 Å². The van der Waals surface area contributed by atoms with Gasteiger partial charge in [0.1, 0.15) is 0 Å². The average Bonchev–Trinajstić information content (AvgIpc) is 1.91. The predicted octanol–water partition coefficient (Wildman–Crippen LogP) is 0.440. The molecule has 1 aliphatic carbocycles. The molecule has 2 aliphatic rings. The zero-order valence-corrected chi connectivity index (χ0v) is 8.46. The summed E-state index contributed by atoms with van der Waals surface area (Å²) >= 11 is 0. The van der Waals surface area contributed by atoms with E-state index in [4.69, 9.17) is 0 Å². The highest BCUT2D eigenvalue weighted by Crippen LogP contribution is 2.40. The Morgan fingerprint density at radius 2 is 1.85 bits per heavy atom. The van der Waals surface area contributed by atoms with E-state index in [1.807, 2.05) is 0 Å². The van der Waals surface area contributed by atoms with Gasteiger partial charge in [-0.15, -0.1) is 0 Å². The Bertz CT molecular complexity index is 267. The third-order valence-corrected chi connectivity index (χ3v) is 5.38. The zero-order chi connectivity index (χ0) is 9.47. The standard InChI is InChI=1S/C9H16O3S/c10-4-9(7-2-1-3-7)8-5-13(11,12)6-8/h7-10H,1-6H2. The average molecular weight is 204 g/mol. The van der Waals surface area contributed by atoms with Crippen LogP contribution in [0.2, 0.25) is 0 Å². The topological polar surface area (TPSA) is 54.4 Å². The van der Waals surface area contributed by atoms with Gasteiger partial charge in [0, 0.05) is 6.61 Å². The van der Waals surface area contributed by atoms with Gasteiger partial charge in [-0.05, 0) is 17.8 Å². The van der Waals surface area contributed by atoms with Crippen molar-refractivity contribution < 1.29 is 13.5 Å². The van der Waals surface area contributed by atoms with Gasteiger partial charge in [0.2, 0.25) is 0 Å². The summed E-state index contributed by atoms with van der Waals surface area (Å²) in [4.78, 5) is 0. The molecule has 4 heteroatoms. The molecule has 1 unspecified atom stereocenters. The molecule has 13 heavy (non-hydrogen) atoms. The molecule has 0 aromatic heterocycles. The second-order valence-corrected chi connectivity index (χ2v) is 6.53. The normalized spacial score (nSPS) is 30.5. The van der Waals surface area contributed by atoms with E-state index in [1.165, 1.54) is 19.3 Å². The first kappa shape index (κ1) is 9.46. The Hall–Kier alpha value is -0.0900. The van der Waals surface area contributed by atoms with Crippen molar-refractivity contribution in [1.82, 2.24) is 0 Å². The summed E-state index contributed by atoms with van der Waals surface area (Å²) in [5.74, 6) is 1.74. The molecule has 0 radical (unpaired) electrons. The Kier molecular flexibility index (Phi) is 2.36. The summed E-state index contributed by atoms with van der Waals surface area (Å²) in [6.07, 6.45) is 3.62. The first-order chi connectivity index (χ1) is 6.12. The molecule has 1 saturated heterocycles. The lowest BCUT2D eigenvalue weighted by atomic mass is 9.71. The van der Waals surface area contributed by atoms with Gasteiger partial charge < -0.3 is 5.11 Å². The van der Waals surface area contributed by atoms with Crippen molar-refractivity contribution in [1.29, 1.82) is 0 Å². The Morgan fingerprint density at radius 1 is 1.23 bits per heavy atom. The van der Waals surface area contributed by atoms with E-state index in [0.717, 1.165) is 0 Å². The molecular weight excluding hydrogens is 188 g/mol. The maximum Gasteiger partial charge on any atom is 0.150 e. The molecule has 1 N–H and O–H groups in total. The third-order valence-electron chi connectivity index (χ3n) is 3.51. The van der Waals surface area contributed by atoms with Gasteiger partial charge in [-0.2, -0.15) is 0 Å². The minimum absolute atomic E-state index is 0.171. The van der Waals surface area contributed by atoms with E-state index >= 15 is 0 Å². The second-order valence-electron chi connectivity index (χ2n) is 4.37. The van der Waals surface area contributed by atoms with Gasteiger partial charge in [-0.1, -0.05) is 19.3 Å². The van der Waals surface area contributed by atoms with Gasteiger partial charge in [0.05, 0.1) is 11.5 Å². The number of aliphatic hydroxyl groups excluding tert-OH is 1. The minimum Gasteiger partial charge on any atom is -0.396 e. The SMILES string of the molecule is O=S1(=O)CC(C(CO)C2CCC2)C1. The second kappa shape index (κ2) is 3.24. The van der Waals surface area contributed by atoms with Crippen molar-refractivity contribution in [2.45, 2.75) is 19.3 Å². The number of hydrogen-bond donors (Lipinski definition) is 1. The smallest absolute Gasteiger partial charge is 0.150 e. The lowest BCUT2D eigenvalue weighted by molar-refractivity contribution is 0.0860. The molecule has 0 spiro atoms. The van der Waals surface area contributed by atoms with Crippen molar-refractivity contribution in [2.24, 2.45) is 17.8 Å². The third kappa shape index (κ3) is 1.74. The number of sulfone groups is 1. The van der Waals surface area contributed by atoms with Crippen LogP contribution in [0, 0.1) is 17.8 Å². The summed E-state index contributed by atoms with van der Waals surface area (Å²) in [6, 6.07) is 0. The highest BCUT2D eigenvalue weighted by molar-refractivity contribution is 7.92. The zero-order valence-electron chi connectivity index (χ0n) is 7.65. The highest BCUT2D eigenvalue weighted by atomic mass is 32.2. The van der Waals surface area contributed by atoms with Crippen LogP contribution < -0.4 is 0 Å². The number of aliphatic hydroxyl groups is 1. The summed E-state index contributed by atoms with van der Waals surface area (Å²) in [6.45, 7) is 0.171. The van der Waals surface area contributed by atoms with Crippen LogP contribution in [-0.2, 0) is 9.84 Å². The molecule has 0 aromatic carbocycles. The van der Waals surface area contributed by atoms with E-state index in [1.54, 1.807) is 0 Å². The fourth-order valence-corrected chi connectivity index (χ4v) is 4.10. The molecule has 1 heterocycles. The molecule has 2 fully saturated rings. The molecule has 2 rings (SSSR count). The maximum absolute atomic E-state index is 11.0. The van der Waals surface area contributed by atoms with E-state index in [9.17, 15) is 13.5 Å². The van der Waals surface area contributed by atoms with Crippen molar-refractivity contribution in [3.63, 3.8) is 0 Å². The first-order valence-corrected chi connectivity index (χ1v) is 6.76. The van der Waals surface area contributed by atoms with Crippen LogP contribution in [0.1, 0.15) is 19.3 Å². The molecule has 0 amide bonds. The van der Waals surface area contributed by atoms with Gasteiger partial charge in [-0.3, -0.25) is 0 Å². The Labute approximate surface area is 79.1 Å². The van der Waals surface area contributed by atoms with Crippen LogP contribution in [0.5, 0.6) is 0 Å². The molecule has 1 saturated carbocycles. The Morgan fingerprint density at radius 3 is 2.15 bits per heavy atom. The molecule has 1 atom stereocenters. The molecule has 1 aliphatic heterocycles. The van der Waals surface area contributed by atoms with Crippen LogP contribution >= 0.6 is 0 Å². The minimum atomic E-state index is -2.71. The van der Waals surface area contributed by atoms with Crippen LogP contribution in [0.3, 0.4) is 0 Å². The fourth-order valence-electron chi connectivity index (χ4n) is 2.40. The summed E-state index contributed by atoms with van der Waals surface area (Å²) < 4.78 is 21.9. The number of hydrogen-bond acceptors (Lipinski definition) is 3. The predicted molar refractivity (Wildman–Crippen MR) is 50.1 cm³/mol.